The van der Waals surface area contributed by atoms with Crippen molar-refractivity contribution < 1.29 is 4.39 Å². The predicted octanol–water partition coefficient (Wildman–Crippen LogP) is 1.78. The van der Waals surface area contributed by atoms with Gasteiger partial charge in [-0.25, -0.2) is 0 Å². The minimum absolute atomic E-state index is 0.344. The smallest absolute Gasteiger partial charge is 0.0949 e. The van der Waals surface area contributed by atoms with Gasteiger partial charge in [0.25, 0.3) is 0 Å². The van der Waals surface area contributed by atoms with Gasteiger partial charge in [-0.1, -0.05) is 6.07 Å². The number of halogens is 1. The summed E-state index contributed by atoms with van der Waals surface area (Å²) in [6, 6.07) is 3.62. The lowest BCUT2D eigenvalue weighted by Gasteiger charge is -1.94. The van der Waals surface area contributed by atoms with Gasteiger partial charge in [-0.05, 0) is 18.6 Å². The monoisotopic (exact) mass is 138 g/mol. The van der Waals surface area contributed by atoms with Crippen molar-refractivity contribution in [3.05, 3.63) is 36.5 Å². The molecule has 0 fully saturated rings. The van der Waals surface area contributed by atoms with Crippen LogP contribution in [0.3, 0.4) is 0 Å². The highest BCUT2D eigenvalue weighted by molar-refractivity contribution is 5.16. The average Bonchev–Trinajstić information content (AvgIpc) is 1.95. The van der Waals surface area contributed by atoms with Gasteiger partial charge in [-0.3, -0.25) is 9.37 Å². The van der Waals surface area contributed by atoms with Crippen LogP contribution >= 0.6 is 0 Å². The summed E-state index contributed by atoms with van der Waals surface area (Å²) in [5, 5.41) is 0. The molecular weight excluding hydrogens is 129 g/mol. The summed E-state index contributed by atoms with van der Waals surface area (Å²) in [6.45, 7) is 3.32. The maximum Gasteiger partial charge on any atom is 0.0949 e. The molecule has 0 unspecified atom stereocenters. The zero-order valence-corrected chi connectivity index (χ0v) is 5.68. The molecule has 2 heteroatoms. The Labute approximate surface area is 59.9 Å². The normalized spacial score (nSPS) is 9.80. The van der Waals surface area contributed by atoms with E-state index in [1.807, 2.05) is 6.07 Å². The summed E-state index contributed by atoms with van der Waals surface area (Å²) >= 11 is 0. The van der Waals surface area contributed by atoms with Gasteiger partial charge in [-0.15, -0.1) is 0 Å². The van der Waals surface area contributed by atoms with Gasteiger partial charge in [0.1, 0.15) is 0 Å². The molecule has 1 heterocycles. The molecule has 0 saturated carbocycles. The van der Waals surface area contributed by atoms with Crippen LogP contribution < -0.4 is 0 Å². The Bertz CT molecular complexity index is 193. The van der Waals surface area contributed by atoms with E-state index in [0.717, 1.165) is 11.3 Å². The van der Waals surface area contributed by atoms with Crippen molar-refractivity contribution in [2.75, 3.05) is 6.67 Å². The molecule has 0 aliphatic carbocycles. The molecule has 10 heavy (non-hydrogen) atoms. The molecule has 0 N–H and O–H groups in total. The summed E-state index contributed by atoms with van der Waals surface area (Å²) in [7, 11) is 0. The summed E-state index contributed by atoms with van der Waals surface area (Å²) in [4.78, 5) is 3.97. The molecule has 0 spiro atoms. The quantitative estimate of drug-likeness (QED) is 0.607. The number of hydrogen-bond donors (Lipinski definition) is 0. The minimum Gasteiger partial charge on any atom is -0.261 e. The Morgan fingerprint density at radius 3 is 2.80 bits per heavy atom. The molecule has 0 bridgehead atoms. The van der Waals surface area contributed by atoms with Crippen molar-refractivity contribution in [1.29, 1.82) is 0 Å². The lowest BCUT2D eigenvalue weighted by Crippen LogP contribution is -1.90. The maximum atomic E-state index is 11.7. The summed E-state index contributed by atoms with van der Waals surface area (Å²) in [6.07, 6.45) is 2.05. The fraction of sp³-hybridized carbons (Fsp3) is 0.250. The van der Waals surface area contributed by atoms with Crippen molar-refractivity contribution in [2.24, 2.45) is 0 Å². The van der Waals surface area contributed by atoms with Crippen LogP contribution in [0.15, 0.2) is 18.3 Å². The van der Waals surface area contributed by atoms with Crippen LogP contribution in [0, 0.1) is 6.92 Å². The molecule has 1 radical (unpaired) electrons. The van der Waals surface area contributed by atoms with Crippen LogP contribution in [0.1, 0.15) is 11.3 Å². The first-order chi connectivity index (χ1) is 4.83. The lowest BCUT2D eigenvalue weighted by molar-refractivity contribution is 0.492. The fourth-order valence-corrected chi connectivity index (χ4v) is 0.700. The highest BCUT2D eigenvalue weighted by Gasteiger charge is 1.91. The van der Waals surface area contributed by atoms with Crippen molar-refractivity contribution in [3.63, 3.8) is 0 Å². The van der Waals surface area contributed by atoms with Crippen LogP contribution in [0.25, 0.3) is 0 Å². The number of nitrogens with zero attached hydrogens (tertiary/aromatic N) is 1. The van der Waals surface area contributed by atoms with E-state index in [2.05, 4.69) is 11.9 Å². The van der Waals surface area contributed by atoms with Gasteiger partial charge < -0.3 is 0 Å². The first kappa shape index (κ1) is 7.19. The molecular formula is C8H9FN. The molecule has 0 atom stereocenters. The minimum atomic E-state index is -0.344. The second-order valence-electron chi connectivity index (χ2n) is 2.10. The molecule has 0 aliphatic heterocycles. The fourth-order valence-electron chi connectivity index (χ4n) is 0.700. The first-order valence-corrected chi connectivity index (χ1v) is 3.16. The molecule has 53 valence electrons. The van der Waals surface area contributed by atoms with Crippen molar-refractivity contribution in [3.8, 4) is 0 Å². The van der Waals surface area contributed by atoms with Gasteiger partial charge in [-0.2, -0.15) is 0 Å². The Hall–Kier alpha value is -0.920. The highest BCUT2D eigenvalue weighted by Crippen LogP contribution is 1.98. The van der Waals surface area contributed by atoms with E-state index < -0.39 is 0 Å². The van der Waals surface area contributed by atoms with Gasteiger partial charge >= 0.3 is 0 Å². The van der Waals surface area contributed by atoms with Crippen molar-refractivity contribution in [2.45, 2.75) is 6.42 Å². The van der Waals surface area contributed by atoms with Crippen molar-refractivity contribution >= 4 is 0 Å². The number of pyridine rings is 1. The van der Waals surface area contributed by atoms with Crippen LogP contribution in [-0.4, -0.2) is 11.7 Å². The first-order valence-electron chi connectivity index (χ1n) is 3.16. The van der Waals surface area contributed by atoms with E-state index >= 15 is 0 Å². The largest absolute Gasteiger partial charge is 0.261 e. The van der Waals surface area contributed by atoms with Crippen molar-refractivity contribution in [1.82, 2.24) is 4.98 Å². The Morgan fingerprint density at radius 2 is 2.30 bits per heavy atom. The van der Waals surface area contributed by atoms with Gasteiger partial charge in [0.15, 0.2) is 0 Å². The molecule has 0 aromatic carbocycles. The van der Waals surface area contributed by atoms with Gasteiger partial charge in [0.2, 0.25) is 0 Å². The van der Waals surface area contributed by atoms with E-state index in [-0.39, 0.29) is 6.67 Å². The second-order valence-corrected chi connectivity index (χ2v) is 2.10. The van der Waals surface area contributed by atoms with Crippen LogP contribution in [-0.2, 0) is 6.42 Å². The Morgan fingerprint density at radius 1 is 1.50 bits per heavy atom. The standard InChI is InChI=1S/C8H9FN/c1-7-2-3-8(4-5-9)10-6-7/h2-3,6H,1,4-5H2. The number of alkyl halides is 1. The molecule has 1 nitrogen and oxygen atoms in total. The number of aromatic nitrogens is 1. The maximum absolute atomic E-state index is 11.7. The van der Waals surface area contributed by atoms with Gasteiger partial charge in [0.05, 0.1) is 6.67 Å². The topological polar surface area (TPSA) is 12.9 Å². The van der Waals surface area contributed by atoms with E-state index in [4.69, 9.17) is 0 Å². The number of aryl methyl sites for hydroxylation is 1. The summed E-state index contributed by atoms with van der Waals surface area (Å²) < 4.78 is 11.7. The number of hydrogen-bond acceptors (Lipinski definition) is 1. The number of rotatable bonds is 2. The summed E-state index contributed by atoms with van der Waals surface area (Å²) in [5.74, 6) is 0. The van der Waals surface area contributed by atoms with Crippen LogP contribution in [0.5, 0.6) is 0 Å². The second kappa shape index (κ2) is 3.30. The van der Waals surface area contributed by atoms with E-state index in [0.29, 0.717) is 6.42 Å². The van der Waals surface area contributed by atoms with E-state index in [9.17, 15) is 4.39 Å². The Balaban J connectivity index is 2.69. The molecule has 1 aromatic heterocycles. The highest BCUT2D eigenvalue weighted by atomic mass is 19.1. The molecule has 0 aliphatic rings. The van der Waals surface area contributed by atoms with Gasteiger partial charge in [0, 0.05) is 18.3 Å². The molecule has 1 rings (SSSR count). The SMILES string of the molecule is [CH2]c1ccc(CCF)nc1. The molecule has 1 aromatic rings. The lowest BCUT2D eigenvalue weighted by atomic mass is 10.2. The third-order valence-electron chi connectivity index (χ3n) is 1.24. The third-order valence-corrected chi connectivity index (χ3v) is 1.24. The summed E-state index contributed by atoms with van der Waals surface area (Å²) in [5.41, 5.74) is 1.65. The zero-order chi connectivity index (χ0) is 7.40. The van der Waals surface area contributed by atoms with Crippen LogP contribution in [0.2, 0.25) is 0 Å². The van der Waals surface area contributed by atoms with E-state index in [1.165, 1.54) is 0 Å². The molecule has 0 amide bonds. The molecule has 0 saturated heterocycles. The van der Waals surface area contributed by atoms with E-state index in [1.54, 1.807) is 12.3 Å². The third kappa shape index (κ3) is 1.79. The van der Waals surface area contributed by atoms with Crippen LogP contribution in [0.4, 0.5) is 4.39 Å². The Kier molecular flexibility index (Phi) is 2.37. The predicted molar refractivity (Wildman–Crippen MR) is 38.4 cm³/mol. The average molecular weight is 138 g/mol. The zero-order valence-electron chi connectivity index (χ0n) is 5.68.